The Balaban J connectivity index is 1.44. The predicted molar refractivity (Wildman–Crippen MR) is 108 cm³/mol. The molecule has 2 amide bonds. The van der Waals surface area contributed by atoms with Crippen molar-refractivity contribution in [1.82, 2.24) is 15.4 Å². The van der Waals surface area contributed by atoms with Crippen molar-refractivity contribution >= 4 is 23.0 Å². The lowest BCUT2D eigenvalue weighted by atomic mass is 9.95. The van der Waals surface area contributed by atoms with E-state index in [1.807, 2.05) is 0 Å². The molecule has 0 radical (unpaired) electrons. The molecule has 32 heavy (non-hydrogen) atoms. The zero-order chi connectivity index (χ0) is 23.6. The van der Waals surface area contributed by atoms with Gasteiger partial charge in [-0.3, -0.25) is 4.79 Å². The summed E-state index contributed by atoms with van der Waals surface area (Å²) in [5.74, 6) is -0.373. The molecular formula is C22H26F3N3O4. The number of piperidine rings is 1. The molecule has 2 heterocycles. The molecule has 1 saturated carbocycles. The van der Waals surface area contributed by atoms with Gasteiger partial charge in [-0.2, -0.15) is 13.2 Å². The summed E-state index contributed by atoms with van der Waals surface area (Å²) in [7, 11) is 0. The maximum absolute atomic E-state index is 13.3. The Kier molecular flexibility index (Phi) is 4.98. The summed E-state index contributed by atoms with van der Waals surface area (Å²) in [6, 6.07) is 3.72. The Bertz CT molecular complexity index is 1060. The lowest BCUT2D eigenvalue weighted by Crippen LogP contribution is -2.44. The highest BCUT2D eigenvalue weighted by atomic mass is 19.4. The molecule has 1 saturated heterocycles. The van der Waals surface area contributed by atoms with Gasteiger partial charge in [0.15, 0.2) is 5.58 Å². The number of carbonyl (C=O) groups excluding carboxylic acids is 2. The molecule has 0 bridgehead atoms. The molecule has 1 aromatic carbocycles. The summed E-state index contributed by atoms with van der Waals surface area (Å²) < 4.78 is 50.2. The van der Waals surface area contributed by atoms with Gasteiger partial charge in [0, 0.05) is 24.4 Å². The van der Waals surface area contributed by atoms with E-state index >= 15 is 0 Å². The fraction of sp³-hybridized carbons (Fsp3) is 0.591. The predicted octanol–water partition coefficient (Wildman–Crippen LogP) is 4.31. The van der Waals surface area contributed by atoms with Crippen LogP contribution in [0.25, 0.3) is 11.0 Å². The van der Waals surface area contributed by atoms with Gasteiger partial charge in [-0.15, -0.1) is 0 Å². The molecule has 2 aromatic rings. The van der Waals surface area contributed by atoms with E-state index in [0.717, 1.165) is 6.07 Å². The number of nitrogens with one attached hydrogen (secondary N) is 1. The van der Waals surface area contributed by atoms with Gasteiger partial charge in [-0.1, -0.05) is 11.2 Å². The Morgan fingerprint density at radius 2 is 1.75 bits per heavy atom. The standard InChI is InChI=1S/C22H26F3N3O4/c1-20(2,3)31-19(30)28-9-12-13(10-28)15(12)18(29)26-21(4,5)17-11-7-6-8-14(22(23,24)25)16(11)32-27-17/h6-8,12-13,15H,9-10H2,1-5H3,(H,26,29)/t12-,13?,15?/m0/s1. The number of alkyl halides is 3. The van der Waals surface area contributed by atoms with Crippen LogP contribution in [-0.4, -0.2) is 40.7 Å². The van der Waals surface area contributed by atoms with Crippen LogP contribution in [0.5, 0.6) is 0 Å². The fourth-order valence-corrected chi connectivity index (χ4v) is 4.48. The summed E-state index contributed by atoms with van der Waals surface area (Å²) in [5.41, 5.74) is -2.66. The monoisotopic (exact) mass is 453 g/mol. The maximum Gasteiger partial charge on any atom is 0.420 e. The first kappa shape index (κ1) is 22.4. The number of aromatic nitrogens is 1. The van der Waals surface area contributed by atoms with Crippen LogP contribution in [0.4, 0.5) is 18.0 Å². The van der Waals surface area contributed by atoms with Gasteiger partial charge in [0.25, 0.3) is 0 Å². The van der Waals surface area contributed by atoms with Gasteiger partial charge < -0.3 is 19.5 Å². The van der Waals surface area contributed by atoms with E-state index in [1.54, 1.807) is 39.5 Å². The van der Waals surface area contributed by atoms with Crippen molar-refractivity contribution in [2.75, 3.05) is 13.1 Å². The summed E-state index contributed by atoms with van der Waals surface area (Å²) in [6.07, 6.45) is -4.96. The minimum absolute atomic E-state index is 0.0456. The third-order valence-corrected chi connectivity index (χ3v) is 5.98. The number of hydrogen-bond donors (Lipinski definition) is 1. The highest BCUT2D eigenvalue weighted by molar-refractivity contribution is 5.87. The first-order valence-corrected chi connectivity index (χ1v) is 10.4. The SMILES string of the molecule is CC(C)(C)OC(=O)N1CC2C(C(=O)NC(C)(C)c3noc4c(C(F)(F)F)cccc34)[C@H]2C1. The first-order valence-electron chi connectivity index (χ1n) is 10.4. The number of fused-ring (bicyclic) bond motifs is 2. The normalized spacial score (nSPS) is 23.2. The van der Waals surface area contributed by atoms with E-state index in [1.165, 1.54) is 12.1 Å². The van der Waals surface area contributed by atoms with Gasteiger partial charge in [-0.05, 0) is 58.6 Å². The molecular weight excluding hydrogens is 427 g/mol. The van der Waals surface area contributed by atoms with Crippen molar-refractivity contribution in [1.29, 1.82) is 0 Å². The highest BCUT2D eigenvalue weighted by Gasteiger charge is 2.61. The van der Waals surface area contributed by atoms with Crippen LogP contribution in [0.3, 0.4) is 0 Å². The van der Waals surface area contributed by atoms with Crippen LogP contribution in [0, 0.1) is 17.8 Å². The van der Waals surface area contributed by atoms with E-state index < -0.39 is 29.0 Å². The summed E-state index contributed by atoms with van der Waals surface area (Å²) >= 11 is 0. The number of likely N-dealkylation sites (tertiary alicyclic amines) is 1. The van der Waals surface area contributed by atoms with E-state index in [4.69, 9.17) is 9.26 Å². The van der Waals surface area contributed by atoms with Gasteiger partial charge in [0.1, 0.15) is 16.9 Å². The molecule has 2 unspecified atom stereocenters. The van der Waals surface area contributed by atoms with Crippen LogP contribution in [0.15, 0.2) is 22.7 Å². The molecule has 1 N–H and O–H groups in total. The molecule has 174 valence electrons. The minimum Gasteiger partial charge on any atom is -0.444 e. The van der Waals surface area contributed by atoms with Crippen molar-refractivity contribution in [3.8, 4) is 0 Å². The van der Waals surface area contributed by atoms with Gasteiger partial charge >= 0.3 is 12.3 Å². The van der Waals surface area contributed by atoms with Crippen LogP contribution in [0.2, 0.25) is 0 Å². The Hall–Kier alpha value is -2.78. The van der Waals surface area contributed by atoms with Crippen molar-refractivity contribution in [2.45, 2.75) is 51.9 Å². The van der Waals surface area contributed by atoms with Crippen molar-refractivity contribution in [3.63, 3.8) is 0 Å². The summed E-state index contributed by atoms with van der Waals surface area (Å²) in [6.45, 7) is 9.63. The molecule has 4 rings (SSSR count). The average molecular weight is 453 g/mol. The number of nitrogens with zero attached hydrogens (tertiary/aromatic N) is 2. The second-order valence-corrected chi connectivity index (χ2v) is 10.1. The molecule has 2 aliphatic rings. The summed E-state index contributed by atoms with van der Waals surface area (Å²) in [5, 5.41) is 6.97. The number of ether oxygens (including phenoxy) is 1. The maximum atomic E-state index is 13.3. The lowest BCUT2D eigenvalue weighted by molar-refractivity contribution is -0.137. The van der Waals surface area contributed by atoms with Gasteiger partial charge in [-0.25, -0.2) is 4.79 Å². The lowest BCUT2D eigenvalue weighted by Gasteiger charge is -2.27. The molecule has 7 nitrogen and oxygen atoms in total. The van der Waals surface area contributed by atoms with Crippen LogP contribution >= 0.6 is 0 Å². The number of rotatable bonds is 3. The van der Waals surface area contributed by atoms with E-state index in [0.29, 0.717) is 13.1 Å². The number of amides is 2. The number of hydrogen-bond acceptors (Lipinski definition) is 5. The van der Waals surface area contributed by atoms with Crippen LogP contribution < -0.4 is 5.32 Å². The third kappa shape index (κ3) is 4.02. The molecule has 3 atom stereocenters. The van der Waals surface area contributed by atoms with E-state index in [9.17, 15) is 22.8 Å². The van der Waals surface area contributed by atoms with Gasteiger partial charge in [0.2, 0.25) is 5.91 Å². The first-order chi connectivity index (χ1) is 14.7. The smallest absolute Gasteiger partial charge is 0.420 e. The van der Waals surface area contributed by atoms with Crippen molar-refractivity contribution in [2.24, 2.45) is 17.8 Å². The Labute approximate surface area is 183 Å². The Morgan fingerprint density at radius 3 is 2.31 bits per heavy atom. The number of halogens is 3. The number of carbonyl (C=O) groups is 2. The highest BCUT2D eigenvalue weighted by Crippen LogP contribution is 2.52. The molecule has 2 fully saturated rings. The van der Waals surface area contributed by atoms with Crippen LogP contribution in [-0.2, 0) is 21.2 Å². The summed E-state index contributed by atoms with van der Waals surface area (Å²) in [4.78, 5) is 26.7. The van der Waals surface area contributed by atoms with Gasteiger partial charge in [0.05, 0.1) is 5.54 Å². The largest absolute Gasteiger partial charge is 0.444 e. The molecule has 1 aliphatic heterocycles. The molecule has 10 heteroatoms. The fourth-order valence-electron chi connectivity index (χ4n) is 4.48. The molecule has 0 spiro atoms. The number of para-hydroxylation sites is 1. The minimum atomic E-state index is -4.57. The molecule has 1 aromatic heterocycles. The number of benzene rings is 1. The van der Waals surface area contributed by atoms with E-state index in [-0.39, 0.29) is 40.3 Å². The van der Waals surface area contributed by atoms with E-state index in [2.05, 4.69) is 10.5 Å². The quantitative estimate of drug-likeness (QED) is 0.749. The van der Waals surface area contributed by atoms with Crippen molar-refractivity contribution in [3.05, 3.63) is 29.5 Å². The second kappa shape index (κ2) is 7.11. The third-order valence-electron chi connectivity index (χ3n) is 5.98. The second-order valence-electron chi connectivity index (χ2n) is 10.1. The zero-order valence-electron chi connectivity index (χ0n) is 18.5. The van der Waals surface area contributed by atoms with Crippen molar-refractivity contribution < 1.29 is 32.0 Å². The average Bonchev–Trinajstić information content (AvgIpc) is 3.00. The van der Waals surface area contributed by atoms with Crippen LogP contribution in [0.1, 0.15) is 45.9 Å². The zero-order valence-corrected chi connectivity index (χ0v) is 18.5. The molecule has 1 aliphatic carbocycles. The topological polar surface area (TPSA) is 84.7 Å². The Morgan fingerprint density at radius 1 is 1.12 bits per heavy atom.